The first kappa shape index (κ1) is 11.4. The molecular weight excluding hydrogens is 230 g/mol. The summed E-state index contributed by atoms with van der Waals surface area (Å²) in [6.07, 6.45) is 0.139. The summed E-state index contributed by atoms with van der Waals surface area (Å²) in [6.45, 7) is 4.33. The summed E-state index contributed by atoms with van der Waals surface area (Å²) in [6, 6.07) is 8.10. The summed E-state index contributed by atoms with van der Waals surface area (Å²) in [4.78, 5) is 4.20. The molecule has 0 bridgehead atoms. The fraction of sp³-hybridized carbons (Fsp3) is 0.385. The maximum Gasteiger partial charge on any atom is 0.223 e. The highest BCUT2D eigenvalue weighted by Crippen LogP contribution is 2.22. The molecule has 2 heterocycles. The minimum Gasteiger partial charge on any atom is -0.371 e. The largest absolute Gasteiger partial charge is 0.371 e. The summed E-state index contributed by atoms with van der Waals surface area (Å²) in [5.74, 6) is 1.20. The highest BCUT2D eigenvalue weighted by molar-refractivity contribution is 5.54. The van der Waals surface area contributed by atoms with Crippen molar-refractivity contribution >= 4 is 0 Å². The summed E-state index contributed by atoms with van der Waals surface area (Å²) in [5.41, 5.74) is 2.13. The quantitative estimate of drug-likeness (QED) is 0.872. The van der Waals surface area contributed by atoms with Gasteiger partial charge in [-0.15, -0.1) is 0 Å². The van der Waals surface area contributed by atoms with E-state index in [9.17, 15) is 0 Å². The van der Waals surface area contributed by atoms with Crippen molar-refractivity contribution in [1.29, 1.82) is 0 Å². The second-order valence-electron chi connectivity index (χ2n) is 4.32. The van der Waals surface area contributed by atoms with Crippen LogP contribution in [0.1, 0.15) is 17.6 Å². The Kier molecular flexibility index (Phi) is 3.08. The molecule has 0 amide bonds. The van der Waals surface area contributed by atoms with Crippen LogP contribution in [-0.4, -0.2) is 29.8 Å². The first-order chi connectivity index (χ1) is 8.83. The van der Waals surface area contributed by atoms with E-state index in [0.717, 1.165) is 25.3 Å². The third-order valence-corrected chi connectivity index (χ3v) is 3.00. The molecule has 1 fully saturated rings. The van der Waals surface area contributed by atoms with E-state index >= 15 is 0 Å². The molecule has 0 spiro atoms. The average molecular weight is 245 g/mol. The van der Waals surface area contributed by atoms with Crippen LogP contribution in [0, 0.1) is 6.92 Å². The van der Waals surface area contributed by atoms with Crippen molar-refractivity contribution < 1.29 is 9.26 Å². The van der Waals surface area contributed by atoms with Gasteiger partial charge in [0.25, 0.3) is 0 Å². The van der Waals surface area contributed by atoms with Crippen LogP contribution >= 0.6 is 0 Å². The van der Waals surface area contributed by atoms with Gasteiger partial charge >= 0.3 is 0 Å². The lowest BCUT2D eigenvalue weighted by Gasteiger charge is -2.23. The van der Waals surface area contributed by atoms with E-state index in [0.29, 0.717) is 11.7 Å². The van der Waals surface area contributed by atoms with Crippen LogP contribution in [0.25, 0.3) is 11.4 Å². The number of hydrogen-bond donors (Lipinski definition) is 1. The van der Waals surface area contributed by atoms with Crippen LogP contribution in [-0.2, 0) is 4.74 Å². The smallest absolute Gasteiger partial charge is 0.223 e. The van der Waals surface area contributed by atoms with Gasteiger partial charge in [0.2, 0.25) is 11.7 Å². The van der Waals surface area contributed by atoms with Gasteiger partial charge in [-0.3, -0.25) is 0 Å². The van der Waals surface area contributed by atoms with E-state index in [1.165, 1.54) is 5.56 Å². The molecule has 5 nitrogen and oxygen atoms in total. The van der Waals surface area contributed by atoms with Gasteiger partial charge in [-0.05, 0) is 5.56 Å². The molecule has 1 atom stereocenters. The third-order valence-electron chi connectivity index (χ3n) is 3.00. The Morgan fingerprint density at radius 1 is 1.28 bits per heavy atom. The standard InChI is InChI=1S/C13H15N3O2/c1-9-15-13(16-18-9)11-4-2-10(3-5-11)12-8-14-6-7-17-12/h2-5,12,14H,6-8H2,1H3. The number of nitrogens with one attached hydrogen (secondary N) is 1. The predicted octanol–water partition coefficient (Wildman–Crippen LogP) is 1.71. The zero-order chi connectivity index (χ0) is 12.4. The van der Waals surface area contributed by atoms with E-state index < -0.39 is 0 Å². The Balaban J connectivity index is 1.80. The maximum atomic E-state index is 5.70. The monoisotopic (exact) mass is 245 g/mol. The molecule has 18 heavy (non-hydrogen) atoms. The lowest BCUT2D eigenvalue weighted by molar-refractivity contribution is 0.0277. The van der Waals surface area contributed by atoms with Crippen LogP contribution < -0.4 is 5.32 Å². The third kappa shape index (κ3) is 2.27. The molecule has 1 unspecified atom stereocenters. The fourth-order valence-corrected chi connectivity index (χ4v) is 2.04. The maximum absolute atomic E-state index is 5.70. The van der Waals surface area contributed by atoms with Gasteiger partial charge in [0, 0.05) is 25.6 Å². The van der Waals surface area contributed by atoms with Crippen molar-refractivity contribution in [2.45, 2.75) is 13.0 Å². The van der Waals surface area contributed by atoms with Crippen LogP contribution in [0.3, 0.4) is 0 Å². The summed E-state index contributed by atoms with van der Waals surface area (Å²) in [5, 5.41) is 7.22. The Morgan fingerprint density at radius 2 is 2.11 bits per heavy atom. The molecule has 1 aromatic carbocycles. The highest BCUT2D eigenvalue weighted by Gasteiger charge is 2.15. The van der Waals surface area contributed by atoms with E-state index in [1.807, 2.05) is 12.1 Å². The zero-order valence-electron chi connectivity index (χ0n) is 10.2. The van der Waals surface area contributed by atoms with Crippen molar-refractivity contribution in [3.8, 4) is 11.4 Å². The second kappa shape index (κ2) is 4.88. The lowest BCUT2D eigenvalue weighted by Crippen LogP contribution is -2.33. The molecule has 3 rings (SSSR count). The van der Waals surface area contributed by atoms with Crippen molar-refractivity contribution in [2.75, 3.05) is 19.7 Å². The molecule has 5 heteroatoms. The molecule has 1 aliphatic heterocycles. The van der Waals surface area contributed by atoms with E-state index in [2.05, 4.69) is 27.6 Å². The lowest BCUT2D eigenvalue weighted by atomic mass is 10.1. The van der Waals surface area contributed by atoms with Crippen LogP contribution in [0.15, 0.2) is 28.8 Å². The van der Waals surface area contributed by atoms with Crippen LogP contribution in [0.5, 0.6) is 0 Å². The number of ether oxygens (including phenoxy) is 1. The van der Waals surface area contributed by atoms with Crippen molar-refractivity contribution in [2.24, 2.45) is 0 Å². The number of aromatic nitrogens is 2. The molecule has 94 valence electrons. The predicted molar refractivity (Wildman–Crippen MR) is 66.0 cm³/mol. The van der Waals surface area contributed by atoms with Crippen molar-refractivity contribution in [3.05, 3.63) is 35.7 Å². The molecule has 1 aromatic heterocycles. The summed E-state index contributed by atoms with van der Waals surface area (Å²) < 4.78 is 10.7. The van der Waals surface area contributed by atoms with Gasteiger partial charge in [0.1, 0.15) is 0 Å². The molecule has 0 saturated carbocycles. The number of benzene rings is 1. The fourth-order valence-electron chi connectivity index (χ4n) is 2.04. The molecule has 2 aromatic rings. The van der Waals surface area contributed by atoms with E-state index in [1.54, 1.807) is 6.92 Å². The first-order valence-electron chi connectivity index (χ1n) is 6.06. The number of nitrogens with zero attached hydrogens (tertiary/aromatic N) is 2. The topological polar surface area (TPSA) is 60.2 Å². The van der Waals surface area contributed by atoms with Gasteiger partial charge < -0.3 is 14.6 Å². The molecule has 1 saturated heterocycles. The number of rotatable bonds is 2. The van der Waals surface area contributed by atoms with Crippen LogP contribution in [0.2, 0.25) is 0 Å². The van der Waals surface area contributed by atoms with Crippen LogP contribution in [0.4, 0.5) is 0 Å². The summed E-state index contributed by atoms with van der Waals surface area (Å²) in [7, 11) is 0. The first-order valence-corrected chi connectivity index (χ1v) is 6.06. The normalized spacial score (nSPS) is 19.9. The molecule has 1 aliphatic rings. The van der Waals surface area contributed by atoms with Crippen molar-refractivity contribution in [3.63, 3.8) is 0 Å². The van der Waals surface area contributed by atoms with Gasteiger partial charge in [0.15, 0.2) is 0 Å². The van der Waals surface area contributed by atoms with E-state index in [4.69, 9.17) is 9.26 Å². The van der Waals surface area contributed by atoms with Gasteiger partial charge in [-0.1, -0.05) is 29.4 Å². The Morgan fingerprint density at radius 3 is 2.72 bits per heavy atom. The Labute approximate surface area is 105 Å². The molecule has 0 aliphatic carbocycles. The second-order valence-corrected chi connectivity index (χ2v) is 4.32. The van der Waals surface area contributed by atoms with Gasteiger partial charge in [-0.2, -0.15) is 4.98 Å². The minimum atomic E-state index is 0.139. The SMILES string of the molecule is Cc1nc(-c2ccc(C3CNCCO3)cc2)no1. The molecular formula is C13H15N3O2. The number of morpholine rings is 1. The van der Waals surface area contributed by atoms with Crippen molar-refractivity contribution in [1.82, 2.24) is 15.5 Å². The Bertz CT molecular complexity index is 515. The Hall–Kier alpha value is -1.72. The number of hydrogen-bond acceptors (Lipinski definition) is 5. The summed E-state index contributed by atoms with van der Waals surface area (Å²) >= 11 is 0. The van der Waals surface area contributed by atoms with E-state index in [-0.39, 0.29) is 6.10 Å². The van der Waals surface area contributed by atoms with Gasteiger partial charge in [-0.25, -0.2) is 0 Å². The zero-order valence-corrected chi connectivity index (χ0v) is 10.2. The number of aryl methyl sites for hydroxylation is 1. The molecule has 0 radical (unpaired) electrons. The van der Waals surface area contributed by atoms with Gasteiger partial charge in [0.05, 0.1) is 12.7 Å². The average Bonchev–Trinajstić information content (AvgIpc) is 2.87. The molecule has 1 N–H and O–H groups in total. The highest BCUT2D eigenvalue weighted by atomic mass is 16.5. The minimum absolute atomic E-state index is 0.139.